The molecule has 3 atom stereocenters. The number of carbonyl (C=O) groups excluding carboxylic acids is 4. The van der Waals surface area contributed by atoms with Gasteiger partial charge in [0, 0.05) is 38.0 Å². The minimum Gasteiger partial charge on any atom is -0.340 e. The van der Waals surface area contributed by atoms with Gasteiger partial charge in [0.1, 0.15) is 17.9 Å². The van der Waals surface area contributed by atoms with Crippen molar-refractivity contribution in [2.24, 2.45) is 11.8 Å². The van der Waals surface area contributed by atoms with Crippen LogP contribution in [0.4, 0.5) is 18.9 Å². The number of piperazine rings is 1. The fraction of sp³-hybridized carbons (Fsp3) is 0.625. The molecule has 2 aliphatic carbocycles. The molecule has 0 bridgehead atoms. The number of halogens is 3. The van der Waals surface area contributed by atoms with Crippen molar-refractivity contribution in [3.8, 4) is 0 Å². The predicted octanol–water partition coefficient (Wildman–Crippen LogP) is 3.81. The molecule has 1 heterocycles. The monoisotopic (exact) mass is 619 g/mol. The summed E-state index contributed by atoms with van der Waals surface area (Å²) < 4.78 is 44.6. The van der Waals surface area contributed by atoms with Crippen molar-refractivity contribution in [1.29, 1.82) is 0 Å². The number of carbonyl (C=O) groups is 4. The van der Waals surface area contributed by atoms with E-state index >= 15 is 4.39 Å². The summed E-state index contributed by atoms with van der Waals surface area (Å²) in [5.41, 5.74) is 0.236. The van der Waals surface area contributed by atoms with Crippen molar-refractivity contribution < 1.29 is 32.3 Å². The third kappa shape index (κ3) is 8.19. The molecule has 0 aromatic heterocycles. The van der Waals surface area contributed by atoms with Crippen LogP contribution in [0.15, 0.2) is 30.9 Å². The Labute approximate surface area is 257 Å². The maximum atomic E-state index is 15.5. The van der Waals surface area contributed by atoms with Gasteiger partial charge in [-0.3, -0.25) is 19.2 Å². The molecule has 2 saturated carbocycles. The molecule has 4 rings (SSSR count). The van der Waals surface area contributed by atoms with Crippen LogP contribution in [0.25, 0.3) is 0 Å². The first-order valence-corrected chi connectivity index (χ1v) is 15.6. The van der Waals surface area contributed by atoms with Gasteiger partial charge in [-0.05, 0) is 62.4 Å². The molecule has 3 aliphatic rings. The molecule has 3 fully saturated rings. The van der Waals surface area contributed by atoms with Crippen molar-refractivity contribution in [3.63, 3.8) is 0 Å². The third-order valence-corrected chi connectivity index (χ3v) is 9.17. The van der Waals surface area contributed by atoms with Crippen molar-refractivity contribution in [1.82, 2.24) is 20.4 Å². The van der Waals surface area contributed by atoms with Gasteiger partial charge in [0.05, 0.1) is 5.69 Å². The largest absolute Gasteiger partial charge is 0.340 e. The van der Waals surface area contributed by atoms with Crippen LogP contribution in [-0.2, 0) is 19.2 Å². The fourth-order valence-corrected chi connectivity index (χ4v) is 6.07. The lowest BCUT2D eigenvalue weighted by Crippen LogP contribution is -2.55. The Morgan fingerprint density at radius 3 is 2.18 bits per heavy atom. The number of benzene rings is 1. The number of likely N-dealkylation sites (N-methyl/N-ethyl adjacent to an activating group) is 1. The molecule has 1 aromatic carbocycles. The standard InChI is InChI=1S/C32H44F3N5O4/c1-4-26(41)37-27(30(43)40-17-15-39(3)16-18-40)20(2)22-11-14-25(24(33)19-22)36-29(42)28(21-9-7-5-6-8-10-21)38-31(44)32(34,35)23-12-13-23/h4,11,14,19-21,23,27-28H,1,5-10,12-13,15-18H2,2-3H3,(H,36,42)(H,37,41)(H,38,44)/t20-,27+,28-/m0/s1. The molecular formula is C32H44F3N5O4. The van der Waals surface area contributed by atoms with Gasteiger partial charge in [0.2, 0.25) is 17.7 Å². The fourth-order valence-electron chi connectivity index (χ4n) is 6.07. The van der Waals surface area contributed by atoms with Crippen LogP contribution < -0.4 is 16.0 Å². The molecule has 1 aromatic rings. The Hall–Kier alpha value is -3.41. The predicted molar refractivity (Wildman–Crippen MR) is 160 cm³/mol. The van der Waals surface area contributed by atoms with Gasteiger partial charge in [-0.1, -0.05) is 45.3 Å². The molecule has 242 valence electrons. The zero-order valence-electron chi connectivity index (χ0n) is 25.5. The maximum absolute atomic E-state index is 15.5. The van der Waals surface area contributed by atoms with Crippen LogP contribution in [0, 0.1) is 17.7 Å². The highest BCUT2D eigenvalue weighted by atomic mass is 19.3. The van der Waals surface area contributed by atoms with Crippen molar-refractivity contribution in [2.45, 2.75) is 82.2 Å². The van der Waals surface area contributed by atoms with E-state index in [9.17, 15) is 28.0 Å². The number of hydrogen-bond acceptors (Lipinski definition) is 5. The smallest absolute Gasteiger partial charge is 0.327 e. The normalized spacial score (nSPS) is 20.5. The Bertz CT molecular complexity index is 1220. The van der Waals surface area contributed by atoms with Crippen molar-refractivity contribution in [2.75, 3.05) is 38.5 Å². The second-order valence-corrected chi connectivity index (χ2v) is 12.4. The quantitative estimate of drug-likeness (QED) is 0.258. The van der Waals surface area contributed by atoms with E-state index < -0.39 is 53.4 Å². The highest BCUT2D eigenvalue weighted by molar-refractivity contribution is 5.98. The lowest BCUT2D eigenvalue weighted by molar-refractivity contribution is -0.151. The van der Waals surface area contributed by atoms with Gasteiger partial charge in [-0.2, -0.15) is 8.78 Å². The van der Waals surface area contributed by atoms with Gasteiger partial charge in [-0.25, -0.2) is 4.39 Å². The second-order valence-electron chi connectivity index (χ2n) is 12.4. The second kappa shape index (κ2) is 14.6. The maximum Gasteiger partial charge on any atom is 0.327 e. The molecule has 44 heavy (non-hydrogen) atoms. The number of rotatable bonds is 11. The number of alkyl halides is 2. The first-order valence-electron chi connectivity index (χ1n) is 15.6. The number of nitrogens with zero attached hydrogens (tertiary/aromatic N) is 2. The molecule has 0 spiro atoms. The summed E-state index contributed by atoms with van der Waals surface area (Å²) in [6.45, 7) is 7.53. The van der Waals surface area contributed by atoms with Gasteiger partial charge >= 0.3 is 5.92 Å². The van der Waals surface area contributed by atoms with E-state index in [0.717, 1.165) is 31.8 Å². The molecule has 0 unspecified atom stereocenters. The summed E-state index contributed by atoms with van der Waals surface area (Å²) in [6.07, 6.45) is 6.29. The van der Waals surface area contributed by atoms with E-state index in [2.05, 4.69) is 27.4 Å². The zero-order valence-corrected chi connectivity index (χ0v) is 25.5. The minimum absolute atomic E-state index is 0.176. The first-order chi connectivity index (χ1) is 20.9. The Kier molecular flexibility index (Phi) is 11.1. The Morgan fingerprint density at radius 2 is 1.61 bits per heavy atom. The molecular weight excluding hydrogens is 575 g/mol. The van der Waals surface area contributed by atoms with Gasteiger partial charge in [0.25, 0.3) is 5.91 Å². The SMILES string of the molecule is C=CC(=O)N[C@@H](C(=O)N1CCN(C)CC1)[C@@H](C)c1ccc(NC(=O)[C@@H](NC(=O)C(F)(F)C2CC2)C2CCCCCC2)c(F)c1. The Morgan fingerprint density at radius 1 is 0.977 bits per heavy atom. The summed E-state index contributed by atoms with van der Waals surface area (Å²) in [5, 5.41) is 7.50. The summed E-state index contributed by atoms with van der Waals surface area (Å²) in [4.78, 5) is 55.5. The summed E-state index contributed by atoms with van der Waals surface area (Å²) >= 11 is 0. The van der Waals surface area contributed by atoms with Crippen LogP contribution in [-0.4, -0.2) is 84.7 Å². The lowest BCUT2D eigenvalue weighted by atomic mass is 9.90. The Balaban J connectivity index is 1.51. The molecule has 1 saturated heterocycles. The first kappa shape index (κ1) is 33.5. The van der Waals surface area contributed by atoms with Crippen LogP contribution >= 0.6 is 0 Å². The molecule has 9 nitrogen and oxygen atoms in total. The van der Waals surface area contributed by atoms with Gasteiger partial charge in [0.15, 0.2) is 0 Å². The van der Waals surface area contributed by atoms with E-state index in [1.807, 2.05) is 7.05 Å². The minimum atomic E-state index is -3.56. The lowest BCUT2D eigenvalue weighted by Gasteiger charge is -2.36. The highest BCUT2D eigenvalue weighted by Gasteiger charge is 2.53. The average molecular weight is 620 g/mol. The van der Waals surface area contributed by atoms with Crippen LogP contribution in [0.2, 0.25) is 0 Å². The zero-order chi connectivity index (χ0) is 32.0. The highest BCUT2D eigenvalue weighted by Crippen LogP contribution is 2.43. The van der Waals surface area contributed by atoms with Gasteiger partial charge < -0.3 is 25.8 Å². The number of hydrogen-bond donors (Lipinski definition) is 3. The van der Waals surface area contributed by atoms with Crippen LogP contribution in [0.5, 0.6) is 0 Å². The number of amides is 4. The van der Waals surface area contributed by atoms with Gasteiger partial charge in [-0.15, -0.1) is 0 Å². The topological polar surface area (TPSA) is 111 Å². The third-order valence-electron chi connectivity index (χ3n) is 9.17. The summed E-state index contributed by atoms with van der Waals surface area (Å²) in [5.74, 6) is -9.40. The molecule has 12 heteroatoms. The molecule has 4 amide bonds. The molecule has 3 N–H and O–H groups in total. The summed E-state index contributed by atoms with van der Waals surface area (Å²) in [6, 6.07) is 1.87. The average Bonchev–Trinajstić information content (AvgIpc) is 3.87. The van der Waals surface area contributed by atoms with Crippen molar-refractivity contribution >= 4 is 29.3 Å². The van der Waals surface area contributed by atoms with E-state index in [0.29, 0.717) is 44.6 Å². The van der Waals surface area contributed by atoms with E-state index in [-0.39, 0.29) is 30.4 Å². The molecule has 0 radical (unpaired) electrons. The summed E-state index contributed by atoms with van der Waals surface area (Å²) in [7, 11) is 1.96. The van der Waals surface area contributed by atoms with Crippen LogP contribution in [0.3, 0.4) is 0 Å². The molecule has 1 aliphatic heterocycles. The van der Waals surface area contributed by atoms with E-state index in [1.54, 1.807) is 17.9 Å². The number of nitrogens with one attached hydrogen (secondary N) is 3. The van der Waals surface area contributed by atoms with E-state index in [1.165, 1.54) is 12.1 Å². The van der Waals surface area contributed by atoms with Crippen molar-refractivity contribution in [3.05, 3.63) is 42.2 Å². The van der Waals surface area contributed by atoms with E-state index in [4.69, 9.17) is 0 Å². The number of anilines is 1. The van der Waals surface area contributed by atoms with Crippen LogP contribution in [0.1, 0.15) is 69.8 Å².